The number of hydrogen-bond acceptors (Lipinski definition) is 3. The maximum absolute atomic E-state index is 13.2. The van der Waals surface area contributed by atoms with Crippen LogP contribution in [0.2, 0.25) is 0 Å². The minimum absolute atomic E-state index is 0.282. The molecule has 3 nitrogen and oxygen atoms in total. The summed E-state index contributed by atoms with van der Waals surface area (Å²) in [5, 5.41) is 18.6. The fraction of sp³-hybridized carbons (Fsp3) is 0.133. The van der Waals surface area contributed by atoms with Crippen molar-refractivity contribution in [1.29, 1.82) is 5.26 Å². The Hall–Kier alpha value is -1.90. The molecule has 1 atom stereocenters. The second kappa shape index (κ2) is 6.04. The van der Waals surface area contributed by atoms with Crippen molar-refractivity contribution in [3.8, 4) is 17.6 Å². The molecule has 0 aliphatic heterocycles. The van der Waals surface area contributed by atoms with Gasteiger partial charge in [-0.25, -0.2) is 4.39 Å². The van der Waals surface area contributed by atoms with Crippen LogP contribution in [0.4, 0.5) is 4.39 Å². The lowest BCUT2D eigenvalue weighted by Gasteiger charge is -2.13. The van der Waals surface area contributed by atoms with Crippen molar-refractivity contribution in [1.82, 2.24) is 0 Å². The molecule has 0 saturated heterocycles. The van der Waals surface area contributed by atoms with E-state index in [4.69, 9.17) is 10.00 Å². The van der Waals surface area contributed by atoms with Crippen LogP contribution in [0.3, 0.4) is 0 Å². The number of nitriles is 1. The van der Waals surface area contributed by atoms with Gasteiger partial charge in [0.15, 0.2) is 0 Å². The first kappa shape index (κ1) is 14.5. The van der Waals surface area contributed by atoms with E-state index in [-0.39, 0.29) is 10.3 Å². The molecule has 0 aliphatic rings. The predicted octanol–water partition coefficient (Wildman–Crippen LogP) is 4.31. The number of hydrogen-bond donors (Lipinski definition) is 1. The summed E-state index contributed by atoms with van der Waals surface area (Å²) in [6, 6.07) is 11.0. The fourth-order valence-corrected chi connectivity index (χ4v) is 2.06. The Morgan fingerprint density at radius 2 is 2.05 bits per heavy atom. The van der Waals surface area contributed by atoms with Crippen molar-refractivity contribution >= 4 is 15.9 Å². The Labute approximate surface area is 124 Å². The Morgan fingerprint density at radius 3 is 2.65 bits per heavy atom. The Kier molecular flexibility index (Phi) is 4.38. The maximum atomic E-state index is 13.2. The molecule has 2 rings (SSSR count). The van der Waals surface area contributed by atoms with Gasteiger partial charge >= 0.3 is 0 Å². The number of aliphatic hydroxyl groups is 1. The first-order valence-corrected chi connectivity index (χ1v) is 6.65. The molecule has 2 aromatic rings. The van der Waals surface area contributed by atoms with Gasteiger partial charge in [0.1, 0.15) is 17.3 Å². The second-order valence-corrected chi connectivity index (χ2v) is 5.07. The van der Waals surface area contributed by atoms with E-state index in [1.54, 1.807) is 25.1 Å². The molecule has 0 radical (unpaired) electrons. The van der Waals surface area contributed by atoms with Crippen LogP contribution in [0.5, 0.6) is 11.5 Å². The van der Waals surface area contributed by atoms with E-state index in [1.807, 2.05) is 6.07 Å². The highest BCUT2D eigenvalue weighted by Gasteiger charge is 2.12. The summed E-state index contributed by atoms with van der Waals surface area (Å²) >= 11 is 3.08. The highest BCUT2D eigenvalue weighted by atomic mass is 79.9. The summed E-state index contributed by atoms with van der Waals surface area (Å²) in [6.45, 7) is 1.61. The van der Waals surface area contributed by atoms with Crippen LogP contribution in [0.25, 0.3) is 0 Å². The molecule has 0 aromatic heterocycles. The molecule has 0 heterocycles. The SMILES string of the molecule is C[C@@H](O)c1ccc(C#N)cc1Oc1ccc(F)c(Br)c1. The van der Waals surface area contributed by atoms with E-state index < -0.39 is 6.10 Å². The monoisotopic (exact) mass is 335 g/mol. The highest BCUT2D eigenvalue weighted by Crippen LogP contribution is 2.32. The molecule has 0 spiro atoms. The van der Waals surface area contributed by atoms with Gasteiger partial charge in [0.05, 0.1) is 22.2 Å². The Balaban J connectivity index is 2.40. The van der Waals surface area contributed by atoms with Crippen molar-refractivity contribution < 1.29 is 14.2 Å². The third-order valence-corrected chi connectivity index (χ3v) is 3.32. The number of nitrogens with zero attached hydrogens (tertiary/aromatic N) is 1. The Morgan fingerprint density at radius 1 is 1.30 bits per heavy atom. The van der Waals surface area contributed by atoms with Crippen LogP contribution >= 0.6 is 15.9 Å². The van der Waals surface area contributed by atoms with Crippen molar-refractivity contribution in [3.63, 3.8) is 0 Å². The van der Waals surface area contributed by atoms with E-state index in [1.165, 1.54) is 18.2 Å². The molecular formula is C15H11BrFNO2. The second-order valence-electron chi connectivity index (χ2n) is 4.22. The van der Waals surface area contributed by atoms with Crippen LogP contribution < -0.4 is 4.74 Å². The molecule has 0 unspecified atom stereocenters. The Bertz CT molecular complexity index is 680. The number of benzene rings is 2. The normalized spacial score (nSPS) is 11.8. The summed E-state index contributed by atoms with van der Waals surface area (Å²) in [5.74, 6) is 0.395. The van der Waals surface area contributed by atoms with E-state index in [0.717, 1.165) is 0 Å². The molecular weight excluding hydrogens is 325 g/mol. The zero-order chi connectivity index (χ0) is 14.7. The third-order valence-electron chi connectivity index (χ3n) is 2.71. The predicted molar refractivity (Wildman–Crippen MR) is 76.0 cm³/mol. The molecule has 5 heteroatoms. The van der Waals surface area contributed by atoms with Crippen molar-refractivity contribution in [2.75, 3.05) is 0 Å². The summed E-state index contributed by atoms with van der Waals surface area (Å²) < 4.78 is 19.1. The van der Waals surface area contributed by atoms with Gasteiger partial charge in [-0.3, -0.25) is 0 Å². The van der Waals surface area contributed by atoms with Gasteiger partial charge in [-0.2, -0.15) is 5.26 Å². The van der Waals surface area contributed by atoms with Crippen molar-refractivity contribution in [3.05, 3.63) is 57.8 Å². The molecule has 0 saturated carbocycles. The first-order chi connectivity index (χ1) is 9.51. The smallest absolute Gasteiger partial charge is 0.137 e. The van der Waals surface area contributed by atoms with Gasteiger partial charge in [0.25, 0.3) is 0 Å². The lowest BCUT2D eigenvalue weighted by atomic mass is 10.1. The molecule has 102 valence electrons. The average molecular weight is 336 g/mol. The van der Waals surface area contributed by atoms with Gasteiger partial charge < -0.3 is 9.84 Å². The molecule has 0 amide bonds. The summed E-state index contributed by atoms with van der Waals surface area (Å²) in [6.07, 6.45) is -0.735. The lowest BCUT2D eigenvalue weighted by Crippen LogP contribution is -1.97. The van der Waals surface area contributed by atoms with Crippen LogP contribution in [-0.4, -0.2) is 5.11 Å². The fourth-order valence-electron chi connectivity index (χ4n) is 1.70. The minimum atomic E-state index is -0.735. The van der Waals surface area contributed by atoms with Crippen LogP contribution in [-0.2, 0) is 0 Å². The topological polar surface area (TPSA) is 53.2 Å². The third kappa shape index (κ3) is 3.16. The zero-order valence-corrected chi connectivity index (χ0v) is 12.2. The number of ether oxygens (including phenoxy) is 1. The van der Waals surface area contributed by atoms with E-state index in [9.17, 15) is 9.50 Å². The number of aliphatic hydroxyl groups excluding tert-OH is 1. The van der Waals surface area contributed by atoms with Crippen molar-refractivity contribution in [2.24, 2.45) is 0 Å². The molecule has 20 heavy (non-hydrogen) atoms. The highest BCUT2D eigenvalue weighted by molar-refractivity contribution is 9.10. The van der Waals surface area contributed by atoms with Gasteiger partial charge in [-0.05, 0) is 53.2 Å². The van der Waals surface area contributed by atoms with Gasteiger partial charge in [-0.15, -0.1) is 0 Å². The molecule has 2 aromatic carbocycles. The minimum Gasteiger partial charge on any atom is -0.457 e. The average Bonchev–Trinajstić information content (AvgIpc) is 2.42. The van der Waals surface area contributed by atoms with Crippen LogP contribution in [0, 0.1) is 17.1 Å². The van der Waals surface area contributed by atoms with Gasteiger partial charge in [-0.1, -0.05) is 6.07 Å². The first-order valence-electron chi connectivity index (χ1n) is 5.86. The summed E-state index contributed by atoms with van der Waals surface area (Å²) in [7, 11) is 0. The summed E-state index contributed by atoms with van der Waals surface area (Å²) in [4.78, 5) is 0. The standard InChI is InChI=1S/C15H11BrFNO2/c1-9(19)12-4-2-10(8-18)6-15(12)20-11-3-5-14(17)13(16)7-11/h2-7,9,19H,1H3/t9-/m1/s1. The van der Waals surface area contributed by atoms with Gasteiger partial charge in [0, 0.05) is 5.56 Å². The number of halogens is 2. The van der Waals surface area contributed by atoms with E-state index >= 15 is 0 Å². The molecule has 0 fully saturated rings. The number of rotatable bonds is 3. The molecule has 0 bridgehead atoms. The van der Waals surface area contributed by atoms with E-state index in [0.29, 0.717) is 22.6 Å². The van der Waals surface area contributed by atoms with Crippen molar-refractivity contribution in [2.45, 2.75) is 13.0 Å². The largest absolute Gasteiger partial charge is 0.457 e. The van der Waals surface area contributed by atoms with E-state index in [2.05, 4.69) is 15.9 Å². The molecule has 1 N–H and O–H groups in total. The maximum Gasteiger partial charge on any atom is 0.137 e. The quantitative estimate of drug-likeness (QED) is 0.909. The zero-order valence-electron chi connectivity index (χ0n) is 10.6. The molecule has 0 aliphatic carbocycles. The van der Waals surface area contributed by atoms with Gasteiger partial charge in [0.2, 0.25) is 0 Å². The summed E-state index contributed by atoms with van der Waals surface area (Å²) in [5.41, 5.74) is 0.982. The van der Waals surface area contributed by atoms with Crippen LogP contribution in [0.15, 0.2) is 40.9 Å². The van der Waals surface area contributed by atoms with Crippen LogP contribution in [0.1, 0.15) is 24.2 Å². The lowest BCUT2D eigenvalue weighted by molar-refractivity contribution is 0.195.